The molecule has 0 unspecified atom stereocenters. The highest BCUT2D eigenvalue weighted by Crippen LogP contribution is 2.36. The van der Waals surface area contributed by atoms with E-state index in [9.17, 15) is 23.4 Å². The van der Waals surface area contributed by atoms with Gasteiger partial charge in [0.2, 0.25) is 0 Å². The molecule has 2 heterocycles. The molecule has 0 bridgehead atoms. The number of sulfonamides is 1. The van der Waals surface area contributed by atoms with E-state index in [1.54, 1.807) is 6.92 Å². The lowest BCUT2D eigenvalue weighted by Crippen LogP contribution is -2.29. The molecule has 11 heteroatoms. The van der Waals surface area contributed by atoms with E-state index in [0.29, 0.717) is 9.90 Å². The van der Waals surface area contributed by atoms with E-state index in [1.165, 1.54) is 35.2 Å². The molecule has 1 fully saturated rings. The second kappa shape index (κ2) is 7.55. The molecule has 0 atom stereocenters. The van der Waals surface area contributed by atoms with Crippen LogP contribution in [0.3, 0.4) is 0 Å². The number of aromatic hydroxyl groups is 2. The summed E-state index contributed by atoms with van der Waals surface area (Å²) in [6.07, 6.45) is 1.42. The molecular weight excluding hydrogens is 432 g/mol. The third kappa shape index (κ3) is 4.13. The van der Waals surface area contributed by atoms with E-state index in [2.05, 4.69) is 4.40 Å². The van der Waals surface area contributed by atoms with Gasteiger partial charge in [-0.05, 0) is 49.0 Å². The highest BCUT2D eigenvalue weighted by Gasteiger charge is 2.34. The maximum atomic E-state index is 12.6. The Morgan fingerprint density at radius 1 is 1.26 bits per heavy atom. The Balaban J connectivity index is 1.98. The fraction of sp³-hybridized carbons (Fsp3) is 0.125. The Kier molecular flexibility index (Phi) is 5.52. The number of hydrogen-bond donors (Lipinski definition) is 2. The molecule has 3 rings (SSSR count). The van der Waals surface area contributed by atoms with Crippen LogP contribution in [-0.2, 0) is 14.8 Å². The van der Waals surface area contributed by atoms with E-state index in [1.807, 2.05) is 0 Å². The second-order valence-corrected chi connectivity index (χ2v) is 9.87. The Hall–Kier alpha value is -2.01. The number of rotatable bonds is 4. The monoisotopic (exact) mass is 444 g/mol. The lowest BCUT2D eigenvalue weighted by atomic mass is 10.1. The average Bonchev–Trinajstić information content (AvgIpc) is 3.14. The molecular formula is C16H13ClN2O5S3. The largest absolute Gasteiger partial charge is 0.508 e. The molecule has 2 N–H and O–H groups in total. The maximum Gasteiger partial charge on any atom is 0.294 e. The zero-order valence-electron chi connectivity index (χ0n) is 13.8. The van der Waals surface area contributed by atoms with Crippen molar-refractivity contribution in [2.75, 3.05) is 6.54 Å². The maximum absolute atomic E-state index is 12.6. The molecule has 27 heavy (non-hydrogen) atoms. The first kappa shape index (κ1) is 19.7. The average molecular weight is 445 g/mol. The summed E-state index contributed by atoms with van der Waals surface area (Å²) < 4.78 is 29.0. The van der Waals surface area contributed by atoms with Crippen molar-refractivity contribution < 1.29 is 23.4 Å². The van der Waals surface area contributed by atoms with Crippen LogP contribution in [0.2, 0.25) is 4.34 Å². The summed E-state index contributed by atoms with van der Waals surface area (Å²) in [4.78, 5) is 14.0. The van der Waals surface area contributed by atoms with Gasteiger partial charge in [0.05, 0.1) is 9.24 Å². The first-order valence-corrected chi connectivity index (χ1v) is 11.0. The SMILES string of the molecule is CCN1C(=O)/C(=C/c2ccc(O)cc2O)S/C1=N/S(=O)(=O)c1ccc(Cl)s1. The number of amides is 1. The summed E-state index contributed by atoms with van der Waals surface area (Å²) >= 11 is 7.56. The van der Waals surface area contributed by atoms with Gasteiger partial charge in [-0.3, -0.25) is 9.69 Å². The van der Waals surface area contributed by atoms with Crippen molar-refractivity contribution in [1.82, 2.24) is 4.90 Å². The zero-order chi connectivity index (χ0) is 19.8. The van der Waals surface area contributed by atoms with Crippen LogP contribution in [0.15, 0.2) is 43.8 Å². The highest BCUT2D eigenvalue weighted by atomic mass is 35.5. The zero-order valence-corrected chi connectivity index (χ0v) is 17.0. The van der Waals surface area contributed by atoms with Crippen LogP contribution >= 0.6 is 34.7 Å². The van der Waals surface area contributed by atoms with Crippen molar-refractivity contribution in [3.05, 3.63) is 45.1 Å². The van der Waals surface area contributed by atoms with Crippen LogP contribution < -0.4 is 0 Å². The molecule has 2 aromatic rings. The van der Waals surface area contributed by atoms with E-state index in [-0.39, 0.29) is 32.3 Å². The minimum atomic E-state index is -4.00. The minimum absolute atomic E-state index is 0.0160. The van der Waals surface area contributed by atoms with Crippen LogP contribution in [0.1, 0.15) is 12.5 Å². The number of carbonyl (C=O) groups excluding carboxylic acids is 1. The van der Waals surface area contributed by atoms with Gasteiger partial charge < -0.3 is 10.2 Å². The fourth-order valence-electron chi connectivity index (χ4n) is 2.23. The quantitative estimate of drug-likeness (QED) is 0.699. The van der Waals surface area contributed by atoms with Gasteiger partial charge in [0.1, 0.15) is 15.7 Å². The van der Waals surface area contributed by atoms with Crippen LogP contribution in [0, 0.1) is 0 Å². The fourth-order valence-corrected chi connectivity index (χ4v) is 5.93. The Morgan fingerprint density at radius 2 is 2.00 bits per heavy atom. The van der Waals surface area contributed by atoms with Gasteiger partial charge in [0.25, 0.3) is 15.9 Å². The summed E-state index contributed by atoms with van der Waals surface area (Å²) in [5.41, 5.74) is 0.314. The van der Waals surface area contributed by atoms with Crippen LogP contribution in [0.5, 0.6) is 11.5 Å². The number of benzene rings is 1. The molecule has 1 aliphatic heterocycles. The van der Waals surface area contributed by atoms with Crippen molar-refractivity contribution >= 4 is 61.9 Å². The van der Waals surface area contributed by atoms with Gasteiger partial charge in [0, 0.05) is 18.2 Å². The van der Waals surface area contributed by atoms with Gasteiger partial charge in [-0.25, -0.2) is 0 Å². The predicted octanol–water partition coefficient (Wildman–Crippen LogP) is 3.49. The van der Waals surface area contributed by atoms with Crippen molar-refractivity contribution in [2.45, 2.75) is 11.1 Å². The Morgan fingerprint density at radius 3 is 2.59 bits per heavy atom. The molecule has 7 nitrogen and oxygen atoms in total. The lowest BCUT2D eigenvalue weighted by molar-refractivity contribution is -0.122. The molecule has 0 saturated carbocycles. The lowest BCUT2D eigenvalue weighted by Gasteiger charge is -2.11. The number of hydrogen-bond acceptors (Lipinski definition) is 7. The third-order valence-corrected chi connectivity index (χ3v) is 7.59. The first-order valence-electron chi connectivity index (χ1n) is 7.55. The van der Waals surface area contributed by atoms with Gasteiger partial charge in [-0.15, -0.1) is 15.7 Å². The number of phenolic OH excluding ortho intramolecular Hbond substituents is 2. The standard InChI is InChI=1S/C16H13ClN2O5S3/c1-2-19-15(22)12(7-9-3-4-10(20)8-11(9)21)25-16(19)18-27(23,24)14-6-5-13(17)26-14/h3-8,20-21H,2H2,1H3/b12-7-,18-16+. The molecule has 1 saturated heterocycles. The summed E-state index contributed by atoms with van der Waals surface area (Å²) in [6.45, 7) is 1.92. The third-order valence-electron chi connectivity index (χ3n) is 3.51. The van der Waals surface area contributed by atoms with E-state index in [4.69, 9.17) is 11.6 Å². The van der Waals surface area contributed by atoms with Crippen molar-refractivity contribution in [3.63, 3.8) is 0 Å². The smallest absolute Gasteiger partial charge is 0.294 e. The predicted molar refractivity (Wildman–Crippen MR) is 107 cm³/mol. The normalized spacial score (nSPS) is 18.0. The highest BCUT2D eigenvalue weighted by molar-refractivity contribution is 8.19. The van der Waals surface area contributed by atoms with Crippen molar-refractivity contribution in [1.29, 1.82) is 0 Å². The Labute approximate surface area is 168 Å². The van der Waals surface area contributed by atoms with E-state index >= 15 is 0 Å². The van der Waals surface area contributed by atoms with Crippen LogP contribution in [-0.4, -0.2) is 41.2 Å². The molecule has 142 valence electrons. The summed E-state index contributed by atoms with van der Waals surface area (Å²) in [7, 11) is -4.00. The second-order valence-electron chi connectivity index (χ2n) is 5.31. The van der Waals surface area contributed by atoms with E-state index < -0.39 is 15.9 Å². The number of nitrogens with zero attached hydrogens (tertiary/aromatic N) is 2. The van der Waals surface area contributed by atoms with Gasteiger partial charge in [-0.1, -0.05) is 11.6 Å². The number of amidine groups is 1. The Bertz CT molecular complexity index is 1080. The number of halogens is 1. The number of thiophene rings is 1. The van der Waals surface area contributed by atoms with Gasteiger partial charge in [-0.2, -0.15) is 8.42 Å². The molecule has 0 radical (unpaired) electrons. The molecule has 1 aromatic carbocycles. The van der Waals surface area contributed by atoms with Gasteiger partial charge >= 0.3 is 0 Å². The summed E-state index contributed by atoms with van der Waals surface area (Å²) in [5.74, 6) is -0.739. The molecule has 0 aliphatic carbocycles. The molecule has 1 aliphatic rings. The van der Waals surface area contributed by atoms with Crippen molar-refractivity contribution in [3.8, 4) is 11.5 Å². The topological polar surface area (TPSA) is 107 Å². The van der Waals surface area contributed by atoms with Gasteiger partial charge in [0.15, 0.2) is 5.17 Å². The molecule has 1 amide bonds. The number of likely N-dealkylation sites (N-methyl/N-ethyl adjacent to an activating group) is 1. The molecule has 0 spiro atoms. The summed E-state index contributed by atoms with van der Waals surface area (Å²) in [6, 6.07) is 6.78. The first-order chi connectivity index (χ1) is 12.7. The molecule has 1 aromatic heterocycles. The van der Waals surface area contributed by atoms with Crippen molar-refractivity contribution in [2.24, 2.45) is 4.40 Å². The van der Waals surface area contributed by atoms with Crippen LogP contribution in [0.25, 0.3) is 6.08 Å². The summed E-state index contributed by atoms with van der Waals surface area (Å²) in [5, 5.41) is 19.3. The minimum Gasteiger partial charge on any atom is -0.508 e. The van der Waals surface area contributed by atoms with E-state index in [0.717, 1.165) is 29.2 Å². The number of phenols is 2. The number of thioether (sulfide) groups is 1. The van der Waals surface area contributed by atoms with Crippen LogP contribution in [0.4, 0.5) is 0 Å². The number of carbonyl (C=O) groups is 1.